The molecule has 0 spiro atoms. The Morgan fingerprint density at radius 1 is 1.00 bits per heavy atom. The first kappa shape index (κ1) is 14.1. The van der Waals surface area contributed by atoms with Crippen molar-refractivity contribution in [2.75, 3.05) is 6.61 Å². The molecule has 1 atom stereocenters. The van der Waals surface area contributed by atoms with Gasteiger partial charge in [0.1, 0.15) is 12.4 Å². The number of benzene rings is 2. The zero-order valence-corrected chi connectivity index (χ0v) is 10.9. The fraction of sp³-hybridized carbons (Fsp3) is 0.188. The minimum absolute atomic E-state index is 0.0308. The molecule has 0 amide bonds. The summed E-state index contributed by atoms with van der Waals surface area (Å²) in [5, 5.41) is 17.9. The lowest BCUT2D eigenvalue weighted by Crippen LogP contribution is -2.21. The Morgan fingerprint density at radius 2 is 1.60 bits per heavy atom. The maximum Gasteiger partial charge on any atom is 0.306 e. The van der Waals surface area contributed by atoms with Crippen molar-refractivity contribution < 1.29 is 19.7 Å². The van der Waals surface area contributed by atoms with Gasteiger partial charge in [0, 0.05) is 0 Å². The molecule has 2 rings (SSSR count). The second-order valence-electron chi connectivity index (χ2n) is 4.45. The van der Waals surface area contributed by atoms with Gasteiger partial charge < -0.3 is 14.9 Å². The van der Waals surface area contributed by atoms with E-state index in [4.69, 9.17) is 9.84 Å². The molecular formula is C16H16O4. The molecule has 1 unspecified atom stereocenters. The minimum Gasteiger partial charge on any atom is -0.491 e. The number of aliphatic carboxylic acids is 1. The van der Waals surface area contributed by atoms with E-state index in [1.165, 1.54) is 0 Å². The maximum absolute atomic E-state index is 10.4. The van der Waals surface area contributed by atoms with Crippen LogP contribution in [-0.4, -0.2) is 28.9 Å². The van der Waals surface area contributed by atoms with Crippen molar-refractivity contribution in [1.82, 2.24) is 0 Å². The van der Waals surface area contributed by atoms with Gasteiger partial charge in [0.25, 0.3) is 0 Å². The second-order valence-corrected chi connectivity index (χ2v) is 4.45. The largest absolute Gasteiger partial charge is 0.491 e. The summed E-state index contributed by atoms with van der Waals surface area (Å²) in [4.78, 5) is 10.4. The highest BCUT2D eigenvalue weighted by Crippen LogP contribution is 2.22. The predicted octanol–water partition coefficient (Wildman–Crippen LogP) is 2.57. The second kappa shape index (κ2) is 6.73. The van der Waals surface area contributed by atoms with Gasteiger partial charge in [0.15, 0.2) is 0 Å². The SMILES string of the molecule is O=C(O)CC(O)COc1ccc(-c2ccccc2)cc1. The van der Waals surface area contributed by atoms with Crippen LogP contribution in [0.2, 0.25) is 0 Å². The maximum atomic E-state index is 10.4. The van der Waals surface area contributed by atoms with Crippen LogP contribution < -0.4 is 4.74 Å². The number of carbonyl (C=O) groups is 1. The van der Waals surface area contributed by atoms with Gasteiger partial charge >= 0.3 is 5.97 Å². The van der Waals surface area contributed by atoms with E-state index < -0.39 is 12.1 Å². The molecule has 0 saturated heterocycles. The summed E-state index contributed by atoms with van der Waals surface area (Å²) in [6, 6.07) is 17.4. The Bertz CT molecular complexity index is 548. The zero-order valence-electron chi connectivity index (χ0n) is 10.9. The van der Waals surface area contributed by atoms with Crippen molar-refractivity contribution in [2.24, 2.45) is 0 Å². The number of rotatable bonds is 6. The first-order valence-corrected chi connectivity index (χ1v) is 6.33. The van der Waals surface area contributed by atoms with Crippen LogP contribution in [0, 0.1) is 0 Å². The van der Waals surface area contributed by atoms with Crippen LogP contribution >= 0.6 is 0 Å². The summed E-state index contributed by atoms with van der Waals surface area (Å²) in [5.41, 5.74) is 2.19. The molecule has 0 fully saturated rings. The van der Waals surface area contributed by atoms with E-state index in [2.05, 4.69) is 0 Å². The van der Waals surface area contributed by atoms with Gasteiger partial charge in [-0.15, -0.1) is 0 Å². The first-order chi connectivity index (χ1) is 9.65. The van der Waals surface area contributed by atoms with E-state index in [1.54, 1.807) is 12.1 Å². The normalized spacial score (nSPS) is 11.8. The molecule has 20 heavy (non-hydrogen) atoms. The first-order valence-electron chi connectivity index (χ1n) is 6.33. The lowest BCUT2D eigenvalue weighted by Gasteiger charge is -2.11. The van der Waals surface area contributed by atoms with Crippen molar-refractivity contribution in [3.63, 3.8) is 0 Å². The predicted molar refractivity (Wildman–Crippen MR) is 75.6 cm³/mol. The third-order valence-corrected chi connectivity index (χ3v) is 2.81. The van der Waals surface area contributed by atoms with Crippen LogP contribution in [0.15, 0.2) is 54.6 Å². The molecule has 0 aliphatic rings. The smallest absolute Gasteiger partial charge is 0.306 e. The fourth-order valence-corrected chi connectivity index (χ4v) is 1.83. The number of aliphatic hydroxyl groups excluding tert-OH is 1. The quantitative estimate of drug-likeness (QED) is 0.848. The van der Waals surface area contributed by atoms with E-state index >= 15 is 0 Å². The number of carboxylic acids is 1. The molecule has 0 saturated carbocycles. The zero-order chi connectivity index (χ0) is 14.4. The van der Waals surface area contributed by atoms with Crippen molar-refractivity contribution in [3.05, 3.63) is 54.6 Å². The Morgan fingerprint density at radius 3 is 2.20 bits per heavy atom. The molecule has 2 aromatic rings. The monoisotopic (exact) mass is 272 g/mol. The van der Waals surface area contributed by atoms with E-state index in [0.717, 1.165) is 11.1 Å². The number of aliphatic hydroxyl groups is 1. The van der Waals surface area contributed by atoms with Crippen molar-refractivity contribution in [1.29, 1.82) is 0 Å². The minimum atomic E-state index is -1.04. The lowest BCUT2D eigenvalue weighted by atomic mass is 10.1. The summed E-state index contributed by atoms with van der Waals surface area (Å²) < 4.78 is 5.35. The van der Waals surface area contributed by atoms with Crippen molar-refractivity contribution in [2.45, 2.75) is 12.5 Å². The van der Waals surface area contributed by atoms with Gasteiger partial charge in [-0.1, -0.05) is 42.5 Å². The number of ether oxygens (including phenoxy) is 1. The van der Waals surface area contributed by atoms with Gasteiger partial charge in [0.05, 0.1) is 12.5 Å². The lowest BCUT2D eigenvalue weighted by molar-refractivity contribution is -0.139. The average molecular weight is 272 g/mol. The van der Waals surface area contributed by atoms with Crippen LogP contribution in [0.5, 0.6) is 5.75 Å². The number of carboxylic acid groups (broad SMARTS) is 1. The van der Waals surface area contributed by atoms with Crippen LogP contribution in [0.1, 0.15) is 6.42 Å². The van der Waals surface area contributed by atoms with E-state index in [9.17, 15) is 9.90 Å². The van der Waals surface area contributed by atoms with Crippen molar-refractivity contribution in [3.8, 4) is 16.9 Å². The third kappa shape index (κ3) is 4.10. The Kier molecular flexibility index (Phi) is 4.74. The van der Waals surface area contributed by atoms with Crippen LogP contribution in [0.4, 0.5) is 0 Å². The highest BCUT2D eigenvalue weighted by Gasteiger charge is 2.10. The molecule has 2 N–H and O–H groups in total. The molecule has 4 heteroatoms. The highest BCUT2D eigenvalue weighted by molar-refractivity contribution is 5.67. The number of hydrogen-bond acceptors (Lipinski definition) is 3. The van der Waals surface area contributed by atoms with Gasteiger partial charge in [-0.2, -0.15) is 0 Å². The summed E-state index contributed by atoms with van der Waals surface area (Å²) in [6.07, 6.45) is -1.32. The summed E-state index contributed by atoms with van der Waals surface area (Å²) in [5.74, 6) is -0.436. The molecule has 0 radical (unpaired) electrons. The molecule has 2 aromatic carbocycles. The van der Waals surface area contributed by atoms with Gasteiger partial charge in [0.2, 0.25) is 0 Å². The highest BCUT2D eigenvalue weighted by atomic mass is 16.5. The summed E-state index contributed by atoms with van der Waals surface area (Å²) in [7, 11) is 0. The summed E-state index contributed by atoms with van der Waals surface area (Å²) >= 11 is 0. The third-order valence-electron chi connectivity index (χ3n) is 2.81. The average Bonchev–Trinajstić information content (AvgIpc) is 2.46. The van der Waals surface area contributed by atoms with E-state index in [-0.39, 0.29) is 13.0 Å². The summed E-state index contributed by atoms with van der Waals surface area (Å²) in [6.45, 7) is -0.0308. The molecule has 0 aliphatic heterocycles. The molecule has 104 valence electrons. The molecule has 0 aromatic heterocycles. The molecule has 0 bridgehead atoms. The Balaban J connectivity index is 1.94. The molecular weight excluding hydrogens is 256 g/mol. The standard InChI is InChI=1S/C16H16O4/c17-14(10-16(18)19)11-20-15-8-6-13(7-9-15)12-4-2-1-3-5-12/h1-9,14,17H,10-11H2,(H,18,19). The molecule has 0 heterocycles. The molecule has 4 nitrogen and oxygen atoms in total. The number of hydrogen-bond donors (Lipinski definition) is 2. The topological polar surface area (TPSA) is 66.8 Å². The van der Waals surface area contributed by atoms with Gasteiger partial charge in [-0.25, -0.2) is 0 Å². The van der Waals surface area contributed by atoms with E-state index in [1.807, 2.05) is 42.5 Å². The van der Waals surface area contributed by atoms with Crippen molar-refractivity contribution >= 4 is 5.97 Å². The Labute approximate surface area is 117 Å². The van der Waals surface area contributed by atoms with Gasteiger partial charge in [-0.3, -0.25) is 4.79 Å². The van der Waals surface area contributed by atoms with Crippen LogP contribution in [0.25, 0.3) is 11.1 Å². The fourth-order valence-electron chi connectivity index (χ4n) is 1.83. The van der Waals surface area contributed by atoms with Crippen LogP contribution in [0.3, 0.4) is 0 Å². The molecule has 0 aliphatic carbocycles. The van der Waals surface area contributed by atoms with Crippen LogP contribution in [-0.2, 0) is 4.79 Å². The van der Waals surface area contributed by atoms with E-state index in [0.29, 0.717) is 5.75 Å². The Hall–Kier alpha value is -2.33. The van der Waals surface area contributed by atoms with Gasteiger partial charge in [-0.05, 0) is 23.3 Å².